The number of carbonyl (C=O) groups is 1. The van der Waals surface area contributed by atoms with E-state index in [1.807, 2.05) is 30.3 Å². The van der Waals surface area contributed by atoms with Gasteiger partial charge in [0.1, 0.15) is 5.75 Å². The summed E-state index contributed by atoms with van der Waals surface area (Å²) >= 11 is 0. The van der Waals surface area contributed by atoms with Crippen molar-refractivity contribution in [2.45, 2.75) is 6.92 Å². The van der Waals surface area contributed by atoms with Crippen molar-refractivity contribution < 1.29 is 9.53 Å². The van der Waals surface area contributed by atoms with Crippen molar-refractivity contribution in [3.05, 3.63) is 47.8 Å². The van der Waals surface area contributed by atoms with Gasteiger partial charge in [0.15, 0.2) is 5.65 Å². The average molecular weight is 297 g/mol. The minimum absolute atomic E-state index is 0.379. The van der Waals surface area contributed by atoms with Crippen molar-refractivity contribution in [3.63, 3.8) is 0 Å². The first-order chi connectivity index (χ1) is 10.7. The zero-order valence-corrected chi connectivity index (χ0v) is 12.2. The Morgan fingerprint density at radius 3 is 2.86 bits per heavy atom. The summed E-state index contributed by atoms with van der Waals surface area (Å²) < 4.78 is 6.97. The summed E-state index contributed by atoms with van der Waals surface area (Å²) in [6, 6.07) is 9.44. The molecule has 3 rings (SSSR count). The second-order valence-corrected chi connectivity index (χ2v) is 4.73. The lowest BCUT2D eigenvalue weighted by Crippen LogP contribution is -2.31. The fourth-order valence-electron chi connectivity index (χ4n) is 2.34. The SMILES string of the molecule is COc1ccccc1-c1cc2ncc(C(=O)NN)c(C)n2n1. The highest BCUT2D eigenvalue weighted by Gasteiger charge is 2.15. The molecule has 3 aromatic rings. The number of aryl methyl sites for hydroxylation is 1. The zero-order chi connectivity index (χ0) is 15.7. The summed E-state index contributed by atoms with van der Waals surface area (Å²) in [6.45, 7) is 1.79. The van der Waals surface area contributed by atoms with E-state index in [0.29, 0.717) is 16.9 Å². The Morgan fingerprint density at radius 1 is 1.36 bits per heavy atom. The van der Waals surface area contributed by atoms with Crippen LogP contribution < -0.4 is 16.0 Å². The lowest BCUT2D eigenvalue weighted by Gasteiger charge is -2.05. The molecule has 0 fully saturated rings. The van der Waals surface area contributed by atoms with E-state index in [9.17, 15) is 4.79 Å². The van der Waals surface area contributed by atoms with E-state index >= 15 is 0 Å². The minimum Gasteiger partial charge on any atom is -0.496 e. The molecule has 0 radical (unpaired) electrons. The number of fused-ring (bicyclic) bond motifs is 1. The molecule has 2 heterocycles. The van der Waals surface area contributed by atoms with Gasteiger partial charge < -0.3 is 4.74 Å². The summed E-state index contributed by atoms with van der Waals surface area (Å²) in [7, 11) is 1.61. The van der Waals surface area contributed by atoms with Gasteiger partial charge in [0.05, 0.1) is 24.1 Å². The van der Waals surface area contributed by atoms with Gasteiger partial charge in [-0.15, -0.1) is 0 Å². The van der Waals surface area contributed by atoms with Crippen LogP contribution in [0.3, 0.4) is 0 Å². The molecule has 7 heteroatoms. The van der Waals surface area contributed by atoms with Crippen LogP contribution in [-0.2, 0) is 0 Å². The van der Waals surface area contributed by atoms with E-state index < -0.39 is 5.91 Å². The number of carbonyl (C=O) groups excluding carboxylic acids is 1. The van der Waals surface area contributed by atoms with E-state index in [1.54, 1.807) is 18.5 Å². The van der Waals surface area contributed by atoms with Crippen molar-refractivity contribution in [3.8, 4) is 17.0 Å². The number of hydrazine groups is 1. The van der Waals surface area contributed by atoms with Crippen molar-refractivity contribution in [1.29, 1.82) is 0 Å². The topological polar surface area (TPSA) is 94.5 Å². The van der Waals surface area contributed by atoms with Gasteiger partial charge in [-0.2, -0.15) is 5.10 Å². The van der Waals surface area contributed by atoms with Crippen LogP contribution in [0.1, 0.15) is 16.1 Å². The fraction of sp³-hybridized carbons (Fsp3) is 0.133. The first-order valence-electron chi connectivity index (χ1n) is 6.65. The van der Waals surface area contributed by atoms with E-state index in [2.05, 4.69) is 15.5 Å². The fourth-order valence-corrected chi connectivity index (χ4v) is 2.34. The molecule has 1 amide bonds. The highest BCUT2D eigenvalue weighted by atomic mass is 16.5. The molecular weight excluding hydrogens is 282 g/mol. The smallest absolute Gasteiger partial charge is 0.268 e. The van der Waals surface area contributed by atoms with Gasteiger partial charge >= 0.3 is 0 Å². The molecule has 0 aliphatic carbocycles. The van der Waals surface area contributed by atoms with Crippen LogP contribution in [0, 0.1) is 6.92 Å². The molecule has 22 heavy (non-hydrogen) atoms. The molecule has 0 aliphatic rings. The number of nitrogens with zero attached hydrogens (tertiary/aromatic N) is 3. The van der Waals surface area contributed by atoms with Crippen LogP contribution in [0.15, 0.2) is 36.5 Å². The zero-order valence-electron chi connectivity index (χ0n) is 12.2. The van der Waals surface area contributed by atoms with Crippen molar-refractivity contribution in [1.82, 2.24) is 20.0 Å². The number of nitrogens with one attached hydrogen (secondary N) is 1. The van der Waals surface area contributed by atoms with Crippen LogP contribution in [0.2, 0.25) is 0 Å². The predicted molar refractivity (Wildman–Crippen MR) is 81.4 cm³/mol. The van der Waals surface area contributed by atoms with Crippen molar-refractivity contribution in [2.75, 3.05) is 7.11 Å². The normalized spacial score (nSPS) is 10.7. The van der Waals surface area contributed by atoms with Crippen molar-refractivity contribution in [2.24, 2.45) is 5.84 Å². The first-order valence-corrected chi connectivity index (χ1v) is 6.65. The molecule has 0 bridgehead atoms. The molecular formula is C15H15N5O2. The average Bonchev–Trinajstić information content (AvgIpc) is 2.99. The van der Waals surface area contributed by atoms with Gasteiger partial charge in [-0.1, -0.05) is 12.1 Å². The Kier molecular flexibility index (Phi) is 3.48. The molecule has 0 atom stereocenters. The second-order valence-electron chi connectivity index (χ2n) is 4.73. The molecule has 0 aliphatic heterocycles. The molecule has 0 spiro atoms. The standard InChI is InChI=1S/C15H15N5O2/c1-9-11(15(21)18-16)8-17-14-7-12(19-20(9)14)10-5-3-4-6-13(10)22-2/h3-8H,16H2,1-2H3,(H,18,21). The number of rotatable bonds is 3. The lowest BCUT2D eigenvalue weighted by atomic mass is 10.1. The summed E-state index contributed by atoms with van der Waals surface area (Å²) in [4.78, 5) is 16.0. The lowest BCUT2D eigenvalue weighted by molar-refractivity contribution is 0.0952. The number of amides is 1. The highest BCUT2D eigenvalue weighted by molar-refractivity contribution is 5.94. The third-order valence-corrected chi connectivity index (χ3v) is 3.48. The Labute approximate surface area is 126 Å². The largest absolute Gasteiger partial charge is 0.496 e. The number of hydrogen-bond donors (Lipinski definition) is 2. The van der Waals surface area contributed by atoms with E-state index in [-0.39, 0.29) is 0 Å². The van der Waals surface area contributed by atoms with Crippen LogP contribution in [0.4, 0.5) is 0 Å². The third-order valence-electron chi connectivity index (χ3n) is 3.48. The Morgan fingerprint density at radius 2 is 2.14 bits per heavy atom. The van der Waals surface area contributed by atoms with E-state index in [1.165, 1.54) is 6.20 Å². The maximum absolute atomic E-state index is 11.7. The number of benzene rings is 1. The first kappa shape index (κ1) is 14.0. The van der Waals surface area contributed by atoms with Gasteiger partial charge in [0, 0.05) is 17.8 Å². The van der Waals surface area contributed by atoms with Gasteiger partial charge in [-0.05, 0) is 19.1 Å². The van der Waals surface area contributed by atoms with Crippen LogP contribution in [0.5, 0.6) is 5.75 Å². The number of para-hydroxylation sites is 1. The molecule has 0 saturated carbocycles. The number of methoxy groups -OCH3 is 1. The summed E-state index contributed by atoms with van der Waals surface area (Å²) in [5, 5.41) is 4.52. The summed E-state index contributed by atoms with van der Waals surface area (Å²) in [6.07, 6.45) is 1.49. The number of nitrogen functional groups attached to an aromatic ring is 1. The summed E-state index contributed by atoms with van der Waals surface area (Å²) in [5.74, 6) is 5.50. The molecule has 3 N–H and O–H groups in total. The third kappa shape index (κ3) is 2.17. The quantitative estimate of drug-likeness (QED) is 0.432. The second kappa shape index (κ2) is 5.45. The number of nitrogens with two attached hydrogens (primary N) is 1. The molecule has 112 valence electrons. The van der Waals surface area contributed by atoms with Crippen molar-refractivity contribution >= 4 is 11.6 Å². The predicted octanol–water partition coefficient (Wildman–Crippen LogP) is 1.32. The Bertz CT molecular complexity index is 856. The van der Waals surface area contributed by atoms with Crippen LogP contribution in [-0.4, -0.2) is 27.6 Å². The maximum Gasteiger partial charge on any atom is 0.268 e. The van der Waals surface area contributed by atoms with Gasteiger partial charge in [0.25, 0.3) is 5.91 Å². The number of aromatic nitrogens is 3. The number of ether oxygens (including phenoxy) is 1. The van der Waals surface area contributed by atoms with Gasteiger partial charge in [0.2, 0.25) is 0 Å². The molecule has 0 saturated heterocycles. The van der Waals surface area contributed by atoms with Crippen LogP contribution >= 0.6 is 0 Å². The molecule has 0 unspecified atom stereocenters. The van der Waals surface area contributed by atoms with Gasteiger partial charge in [-0.25, -0.2) is 15.3 Å². The Balaban J connectivity index is 2.18. The number of hydrogen-bond acceptors (Lipinski definition) is 5. The van der Waals surface area contributed by atoms with E-state index in [4.69, 9.17) is 10.6 Å². The van der Waals surface area contributed by atoms with Gasteiger partial charge in [-0.3, -0.25) is 10.2 Å². The van der Waals surface area contributed by atoms with Crippen LogP contribution in [0.25, 0.3) is 16.9 Å². The molecule has 1 aromatic carbocycles. The minimum atomic E-state index is -0.402. The molecule has 2 aromatic heterocycles. The van der Waals surface area contributed by atoms with E-state index in [0.717, 1.165) is 17.0 Å². The monoisotopic (exact) mass is 297 g/mol. The summed E-state index contributed by atoms with van der Waals surface area (Å²) in [5.41, 5.74) is 5.37. The Hall–Kier alpha value is -2.93. The maximum atomic E-state index is 11.7. The highest BCUT2D eigenvalue weighted by Crippen LogP contribution is 2.29. The molecule has 7 nitrogen and oxygen atoms in total.